The van der Waals surface area contributed by atoms with Gasteiger partial charge in [-0.25, -0.2) is 9.78 Å². The fraction of sp³-hybridized carbons (Fsp3) is 0.114. The average molecular weight is 627 g/mol. The number of esters is 2. The van der Waals surface area contributed by atoms with E-state index >= 15 is 0 Å². The summed E-state index contributed by atoms with van der Waals surface area (Å²) in [5.74, 6) is 0.0278. The van der Waals surface area contributed by atoms with E-state index in [4.69, 9.17) is 37.7 Å². The molecule has 0 bridgehead atoms. The molecule has 9 heteroatoms. The molecule has 7 nitrogen and oxygen atoms in total. The second kappa shape index (κ2) is 14.1. The number of hydrogen-bond donors (Lipinski definition) is 1. The number of aromatic nitrogens is 2. The number of benzene rings is 4. The average Bonchev–Trinajstić information content (AvgIpc) is 3.44. The van der Waals surface area contributed by atoms with Crippen LogP contribution in [0.15, 0.2) is 97.2 Å². The van der Waals surface area contributed by atoms with Crippen LogP contribution in [-0.2, 0) is 20.8 Å². The van der Waals surface area contributed by atoms with Crippen LogP contribution >= 0.6 is 23.2 Å². The van der Waals surface area contributed by atoms with Gasteiger partial charge >= 0.3 is 11.9 Å². The molecule has 0 aliphatic heterocycles. The summed E-state index contributed by atoms with van der Waals surface area (Å²) in [6, 6.07) is 28.7. The molecular weight excluding hydrogens is 597 g/mol. The number of carbonyl (C=O) groups is 2. The van der Waals surface area contributed by atoms with Crippen molar-refractivity contribution in [2.75, 3.05) is 26.1 Å². The summed E-state index contributed by atoms with van der Waals surface area (Å²) in [5, 5.41) is 4.14. The zero-order chi connectivity index (χ0) is 31.1. The summed E-state index contributed by atoms with van der Waals surface area (Å²) in [6.07, 6.45) is 5.92. The molecule has 5 aromatic rings. The van der Waals surface area contributed by atoms with Gasteiger partial charge in [-0.3, -0.25) is 4.79 Å². The van der Waals surface area contributed by atoms with Crippen LogP contribution in [0.2, 0.25) is 10.0 Å². The van der Waals surface area contributed by atoms with Gasteiger partial charge in [-0.05, 0) is 70.8 Å². The molecule has 0 spiro atoms. The molecule has 0 atom stereocenters. The summed E-state index contributed by atoms with van der Waals surface area (Å²) >= 11 is 12.6. The molecular formula is C35H29Cl2N3O4. The van der Waals surface area contributed by atoms with E-state index in [9.17, 15) is 9.59 Å². The monoisotopic (exact) mass is 625 g/mol. The zero-order valence-electron chi connectivity index (χ0n) is 24.1. The summed E-state index contributed by atoms with van der Waals surface area (Å²) < 4.78 is 11.5. The van der Waals surface area contributed by atoms with Gasteiger partial charge in [-0.2, -0.15) is 0 Å². The van der Waals surface area contributed by atoms with Crippen molar-refractivity contribution < 1.29 is 19.1 Å². The molecule has 44 heavy (non-hydrogen) atoms. The quantitative estimate of drug-likeness (QED) is 0.158. The van der Waals surface area contributed by atoms with Gasteiger partial charge in [-0.15, -0.1) is 0 Å². The van der Waals surface area contributed by atoms with Crippen LogP contribution in [0.4, 0.5) is 5.69 Å². The Labute approximate surface area is 265 Å². The standard InChI is InChI=1S/C35H29Cl2N3O4/c1-43-34(41)20-38-29-5-3-4-27(18-29)25-11-6-23(7-12-25)10-17-33-39-32(30-16-15-28(36)19-31(30)37)22-40(33)21-24-8-13-26(14-9-24)35(42)44-2/h3-19,22,38H,20-21H2,1-2H3/b17-10+. The highest BCUT2D eigenvalue weighted by atomic mass is 35.5. The van der Waals surface area contributed by atoms with E-state index in [0.717, 1.165) is 39.3 Å². The Morgan fingerprint density at radius 3 is 2.34 bits per heavy atom. The fourth-order valence-corrected chi connectivity index (χ4v) is 5.10. The van der Waals surface area contributed by atoms with Crippen molar-refractivity contribution in [3.8, 4) is 22.4 Å². The first-order valence-corrected chi connectivity index (χ1v) is 14.5. The molecule has 0 saturated heterocycles. The van der Waals surface area contributed by atoms with E-state index in [1.54, 1.807) is 24.3 Å². The van der Waals surface area contributed by atoms with Gasteiger partial charge in [0, 0.05) is 29.0 Å². The van der Waals surface area contributed by atoms with Crippen LogP contribution in [0.5, 0.6) is 0 Å². The van der Waals surface area contributed by atoms with Crippen molar-refractivity contribution in [1.29, 1.82) is 0 Å². The lowest BCUT2D eigenvalue weighted by Gasteiger charge is -2.08. The van der Waals surface area contributed by atoms with Crippen LogP contribution < -0.4 is 5.32 Å². The molecule has 4 aromatic carbocycles. The summed E-state index contributed by atoms with van der Waals surface area (Å²) in [4.78, 5) is 28.2. The molecule has 0 aliphatic rings. The van der Waals surface area contributed by atoms with Gasteiger partial charge in [0.05, 0.1) is 30.5 Å². The molecule has 0 radical (unpaired) electrons. The minimum atomic E-state index is -0.378. The number of rotatable bonds is 10. The first-order chi connectivity index (χ1) is 21.3. The maximum Gasteiger partial charge on any atom is 0.337 e. The van der Waals surface area contributed by atoms with E-state index < -0.39 is 0 Å². The third kappa shape index (κ3) is 7.56. The van der Waals surface area contributed by atoms with Crippen molar-refractivity contribution in [1.82, 2.24) is 9.55 Å². The van der Waals surface area contributed by atoms with Gasteiger partial charge in [0.2, 0.25) is 0 Å². The lowest BCUT2D eigenvalue weighted by atomic mass is 10.0. The predicted octanol–water partition coefficient (Wildman–Crippen LogP) is 8.11. The summed E-state index contributed by atoms with van der Waals surface area (Å²) in [6.45, 7) is 0.628. The van der Waals surface area contributed by atoms with Gasteiger partial charge in [0.25, 0.3) is 0 Å². The van der Waals surface area contributed by atoms with Crippen molar-refractivity contribution in [3.05, 3.63) is 130 Å². The van der Waals surface area contributed by atoms with E-state index in [-0.39, 0.29) is 18.5 Å². The Bertz CT molecular complexity index is 1810. The Balaban J connectivity index is 1.39. The van der Waals surface area contributed by atoms with Crippen LogP contribution in [0.3, 0.4) is 0 Å². The highest BCUT2D eigenvalue weighted by molar-refractivity contribution is 6.36. The molecule has 1 heterocycles. The Kier molecular flexibility index (Phi) is 9.79. The molecule has 222 valence electrons. The second-order valence-corrected chi connectivity index (χ2v) is 10.7. The second-order valence-electron chi connectivity index (χ2n) is 9.89. The minimum Gasteiger partial charge on any atom is -0.468 e. The zero-order valence-corrected chi connectivity index (χ0v) is 25.6. The highest BCUT2D eigenvalue weighted by Gasteiger charge is 2.13. The Morgan fingerprint density at radius 1 is 0.864 bits per heavy atom. The minimum absolute atomic E-state index is 0.101. The van der Waals surface area contributed by atoms with Crippen LogP contribution in [0.25, 0.3) is 34.5 Å². The topological polar surface area (TPSA) is 82.5 Å². The molecule has 1 aromatic heterocycles. The third-order valence-electron chi connectivity index (χ3n) is 6.94. The predicted molar refractivity (Wildman–Crippen MR) is 176 cm³/mol. The first-order valence-electron chi connectivity index (χ1n) is 13.7. The number of methoxy groups -OCH3 is 2. The fourth-order valence-electron chi connectivity index (χ4n) is 4.59. The van der Waals surface area contributed by atoms with E-state index in [1.807, 2.05) is 89.6 Å². The smallest absolute Gasteiger partial charge is 0.337 e. The van der Waals surface area contributed by atoms with Crippen LogP contribution in [0, 0.1) is 0 Å². The lowest BCUT2D eigenvalue weighted by Crippen LogP contribution is -2.14. The molecule has 0 saturated carbocycles. The first kappa shape index (κ1) is 30.6. The number of hydrogen-bond acceptors (Lipinski definition) is 6. The molecule has 0 amide bonds. The van der Waals surface area contributed by atoms with E-state index in [1.165, 1.54) is 14.2 Å². The number of anilines is 1. The summed E-state index contributed by atoms with van der Waals surface area (Å²) in [7, 11) is 2.73. The van der Waals surface area contributed by atoms with Gasteiger partial charge in [-0.1, -0.05) is 77.8 Å². The summed E-state index contributed by atoms with van der Waals surface area (Å²) in [5.41, 5.74) is 6.87. The molecule has 0 unspecified atom stereocenters. The number of nitrogens with one attached hydrogen (secondary N) is 1. The molecule has 0 aliphatic carbocycles. The molecule has 0 fully saturated rings. The normalized spacial score (nSPS) is 11.0. The van der Waals surface area contributed by atoms with Crippen molar-refractivity contribution in [3.63, 3.8) is 0 Å². The highest BCUT2D eigenvalue weighted by Crippen LogP contribution is 2.31. The number of carbonyl (C=O) groups excluding carboxylic acids is 2. The number of imidazole rings is 1. The maximum atomic E-state index is 11.9. The molecule has 1 N–H and O–H groups in total. The number of halogens is 2. The molecule has 5 rings (SSSR count). The van der Waals surface area contributed by atoms with Crippen molar-refractivity contribution in [2.24, 2.45) is 0 Å². The van der Waals surface area contributed by atoms with E-state index in [2.05, 4.69) is 5.32 Å². The largest absolute Gasteiger partial charge is 0.468 e. The van der Waals surface area contributed by atoms with Gasteiger partial charge in [0.1, 0.15) is 12.4 Å². The van der Waals surface area contributed by atoms with Crippen molar-refractivity contribution in [2.45, 2.75) is 6.54 Å². The third-order valence-corrected chi connectivity index (χ3v) is 7.49. The lowest BCUT2D eigenvalue weighted by molar-refractivity contribution is -0.138. The van der Waals surface area contributed by atoms with Gasteiger partial charge < -0.3 is 19.4 Å². The van der Waals surface area contributed by atoms with Crippen LogP contribution in [-0.4, -0.2) is 42.3 Å². The van der Waals surface area contributed by atoms with Crippen molar-refractivity contribution >= 4 is 53.0 Å². The van der Waals surface area contributed by atoms with Crippen LogP contribution in [0.1, 0.15) is 27.3 Å². The number of ether oxygens (including phenoxy) is 2. The SMILES string of the molecule is COC(=O)CNc1cccc(-c2ccc(/C=C/c3nc(-c4ccc(Cl)cc4Cl)cn3Cc3ccc(C(=O)OC)cc3)cc2)c1. The Hall–Kier alpha value is -4.85. The van der Waals surface area contributed by atoms with Gasteiger partial charge in [0.15, 0.2) is 0 Å². The maximum absolute atomic E-state index is 11.9. The number of nitrogens with zero attached hydrogens (tertiary/aromatic N) is 2. The van der Waals surface area contributed by atoms with E-state index in [0.29, 0.717) is 27.8 Å². The Morgan fingerprint density at radius 2 is 1.64 bits per heavy atom.